The Bertz CT molecular complexity index is 798. The molecule has 1 aliphatic heterocycles. The van der Waals surface area contributed by atoms with Crippen LogP contribution in [0.4, 0.5) is 5.95 Å². The molecule has 5 nitrogen and oxygen atoms in total. The molecule has 0 radical (unpaired) electrons. The third kappa shape index (κ3) is 2.96. The van der Waals surface area contributed by atoms with Crippen molar-refractivity contribution in [3.63, 3.8) is 0 Å². The summed E-state index contributed by atoms with van der Waals surface area (Å²) in [6.07, 6.45) is 1.15. The first kappa shape index (κ1) is 14.7. The lowest BCUT2D eigenvalue weighted by atomic mass is 10.3. The first-order valence-corrected chi connectivity index (χ1v) is 9.01. The van der Waals surface area contributed by atoms with E-state index in [-0.39, 0.29) is 0 Å². The van der Waals surface area contributed by atoms with Gasteiger partial charge in [-0.25, -0.2) is 9.97 Å². The zero-order valence-electron chi connectivity index (χ0n) is 13.3. The summed E-state index contributed by atoms with van der Waals surface area (Å²) >= 11 is 1.71. The van der Waals surface area contributed by atoms with Gasteiger partial charge < -0.3 is 14.8 Å². The van der Waals surface area contributed by atoms with Crippen molar-refractivity contribution in [2.24, 2.45) is 0 Å². The summed E-state index contributed by atoms with van der Waals surface area (Å²) in [5.41, 5.74) is 3.36. The Morgan fingerprint density at radius 1 is 1.17 bits per heavy atom. The second-order valence-electron chi connectivity index (χ2n) is 5.94. The molecule has 0 saturated carbocycles. The zero-order chi connectivity index (χ0) is 15.6. The van der Waals surface area contributed by atoms with E-state index in [4.69, 9.17) is 4.98 Å². The summed E-state index contributed by atoms with van der Waals surface area (Å²) in [5.74, 6) is 1.07. The van der Waals surface area contributed by atoms with Crippen LogP contribution in [0.2, 0.25) is 0 Å². The van der Waals surface area contributed by atoms with Crippen LogP contribution in [0.25, 0.3) is 11.0 Å². The van der Waals surface area contributed by atoms with Crippen LogP contribution in [-0.4, -0.2) is 40.7 Å². The number of imidazole rings is 1. The van der Waals surface area contributed by atoms with E-state index in [1.165, 1.54) is 5.52 Å². The Labute approximate surface area is 140 Å². The molecule has 0 atom stereocenters. The van der Waals surface area contributed by atoms with Gasteiger partial charge in [-0.3, -0.25) is 0 Å². The summed E-state index contributed by atoms with van der Waals surface area (Å²) in [5, 5.41) is 6.73. The van der Waals surface area contributed by atoms with Crippen molar-refractivity contribution >= 4 is 28.3 Å². The van der Waals surface area contributed by atoms with Crippen molar-refractivity contribution < 1.29 is 0 Å². The van der Waals surface area contributed by atoms with Crippen LogP contribution in [0.3, 0.4) is 0 Å². The molecular weight excluding hydrogens is 306 g/mol. The summed E-state index contributed by atoms with van der Waals surface area (Å²) in [6, 6.07) is 8.39. The molecule has 23 heavy (non-hydrogen) atoms. The fourth-order valence-corrected chi connectivity index (χ4v) is 3.75. The minimum Gasteiger partial charge on any atom is -0.341 e. The van der Waals surface area contributed by atoms with E-state index in [2.05, 4.69) is 56.3 Å². The van der Waals surface area contributed by atoms with Crippen molar-refractivity contribution in [2.75, 3.05) is 31.1 Å². The van der Waals surface area contributed by atoms with Crippen LogP contribution in [0.15, 0.2) is 29.6 Å². The maximum absolute atomic E-state index is 4.92. The fraction of sp³-hybridized carbons (Fsp3) is 0.412. The molecule has 0 amide bonds. The molecule has 1 aliphatic rings. The SMILES string of the molecule is Cc1nc(Cn2c(N3CCCNCC3)nc3ccccc32)cs1. The van der Waals surface area contributed by atoms with Gasteiger partial charge >= 0.3 is 0 Å². The van der Waals surface area contributed by atoms with Crippen LogP contribution < -0.4 is 10.2 Å². The lowest BCUT2D eigenvalue weighted by Crippen LogP contribution is -2.30. The Morgan fingerprint density at radius 2 is 2.09 bits per heavy atom. The third-order valence-electron chi connectivity index (χ3n) is 4.24. The zero-order valence-corrected chi connectivity index (χ0v) is 14.1. The number of rotatable bonds is 3. The maximum atomic E-state index is 4.92. The van der Waals surface area contributed by atoms with Gasteiger partial charge in [0.15, 0.2) is 0 Å². The Hall–Kier alpha value is -1.92. The number of anilines is 1. The molecule has 1 fully saturated rings. The van der Waals surface area contributed by atoms with Crippen molar-refractivity contribution in [3.05, 3.63) is 40.3 Å². The largest absolute Gasteiger partial charge is 0.341 e. The van der Waals surface area contributed by atoms with Gasteiger partial charge in [0.1, 0.15) is 0 Å². The highest BCUT2D eigenvalue weighted by molar-refractivity contribution is 7.09. The van der Waals surface area contributed by atoms with Crippen molar-refractivity contribution in [1.29, 1.82) is 0 Å². The van der Waals surface area contributed by atoms with E-state index in [0.717, 1.165) is 61.3 Å². The molecule has 2 aromatic heterocycles. The summed E-state index contributed by atoms with van der Waals surface area (Å²) in [4.78, 5) is 12.0. The summed E-state index contributed by atoms with van der Waals surface area (Å²) in [7, 11) is 0. The van der Waals surface area contributed by atoms with Gasteiger partial charge in [-0.1, -0.05) is 12.1 Å². The molecule has 6 heteroatoms. The second kappa shape index (κ2) is 6.29. The topological polar surface area (TPSA) is 46.0 Å². The lowest BCUT2D eigenvalue weighted by Gasteiger charge is -2.22. The van der Waals surface area contributed by atoms with Gasteiger partial charge in [-0.15, -0.1) is 11.3 Å². The number of nitrogens with zero attached hydrogens (tertiary/aromatic N) is 4. The highest BCUT2D eigenvalue weighted by atomic mass is 32.1. The average Bonchev–Trinajstić information content (AvgIpc) is 3.01. The number of benzene rings is 1. The van der Waals surface area contributed by atoms with Gasteiger partial charge in [-0.2, -0.15) is 0 Å². The highest BCUT2D eigenvalue weighted by Gasteiger charge is 2.18. The van der Waals surface area contributed by atoms with E-state index in [1.54, 1.807) is 11.3 Å². The van der Waals surface area contributed by atoms with Crippen LogP contribution in [0, 0.1) is 6.92 Å². The summed E-state index contributed by atoms with van der Waals surface area (Å²) < 4.78 is 2.31. The van der Waals surface area contributed by atoms with E-state index < -0.39 is 0 Å². The molecule has 3 heterocycles. The van der Waals surface area contributed by atoms with Crippen LogP contribution in [0.1, 0.15) is 17.1 Å². The number of hydrogen-bond donors (Lipinski definition) is 1. The number of nitrogens with one attached hydrogen (secondary N) is 1. The van der Waals surface area contributed by atoms with Crippen molar-refractivity contribution in [3.8, 4) is 0 Å². The van der Waals surface area contributed by atoms with Gasteiger partial charge in [0.05, 0.1) is 28.3 Å². The number of aryl methyl sites for hydroxylation is 1. The molecule has 0 aliphatic carbocycles. The third-order valence-corrected chi connectivity index (χ3v) is 5.07. The molecule has 1 N–H and O–H groups in total. The quantitative estimate of drug-likeness (QED) is 0.803. The molecule has 3 aromatic rings. The normalized spacial score (nSPS) is 16.0. The summed E-state index contributed by atoms with van der Waals surface area (Å²) in [6.45, 7) is 6.98. The first-order valence-electron chi connectivity index (χ1n) is 8.13. The van der Waals surface area contributed by atoms with Gasteiger partial charge in [0.2, 0.25) is 5.95 Å². The molecule has 4 rings (SSSR count). The van der Waals surface area contributed by atoms with E-state index in [9.17, 15) is 0 Å². The number of fused-ring (bicyclic) bond motifs is 1. The average molecular weight is 327 g/mol. The van der Waals surface area contributed by atoms with Crippen molar-refractivity contribution in [1.82, 2.24) is 19.9 Å². The maximum Gasteiger partial charge on any atom is 0.206 e. The van der Waals surface area contributed by atoms with E-state index >= 15 is 0 Å². The predicted molar refractivity (Wildman–Crippen MR) is 95.4 cm³/mol. The molecule has 0 bridgehead atoms. The molecular formula is C17H21N5S. The van der Waals surface area contributed by atoms with Crippen LogP contribution >= 0.6 is 11.3 Å². The molecule has 0 spiro atoms. The predicted octanol–water partition coefficient (Wildman–Crippen LogP) is 2.65. The van der Waals surface area contributed by atoms with Crippen LogP contribution in [0.5, 0.6) is 0 Å². The monoisotopic (exact) mass is 327 g/mol. The number of thiazole rings is 1. The van der Waals surface area contributed by atoms with E-state index in [0.29, 0.717) is 0 Å². The smallest absolute Gasteiger partial charge is 0.206 e. The molecule has 1 saturated heterocycles. The minimum atomic E-state index is 0.782. The van der Waals surface area contributed by atoms with Gasteiger partial charge in [-0.05, 0) is 32.0 Å². The lowest BCUT2D eigenvalue weighted by molar-refractivity contribution is 0.718. The van der Waals surface area contributed by atoms with E-state index in [1.807, 2.05) is 0 Å². The standard InChI is InChI=1S/C17H21N5S/c1-13-19-14(12-23-13)11-22-16-6-3-2-5-15(16)20-17(22)21-9-4-7-18-8-10-21/h2-3,5-6,12,18H,4,7-11H2,1H3. The number of para-hydroxylation sites is 2. The Balaban J connectivity index is 1.77. The highest BCUT2D eigenvalue weighted by Crippen LogP contribution is 2.25. The van der Waals surface area contributed by atoms with Crippen LogP contribution in [-0.2, 0) is 6.54 Å². The van der Waals surface area contributed by atoms with Gasteiger partial charge in [0, 0.05) is 25.0 Å². The van der Waals surface area contributed by atoms with Gasteiger partial charge in [0.25, 0.3) is 0 Å². The molecule has 120 valence electrons. The van der Waals surface area contributed by atoms with Crippen molar-refractivity contribution in [2.45, 2.75) is 19.9 Å². The minimum absolute atomic E-state index is 0.782. The Morgan fingerprint density at radius 3 is 2.96 bits per heavy atom. The first-order chi connectivity index (χ1) is 11.3. The number of hydrogen-bond acceptors (Lipinski definition) is 5. The molecule has 0 unspecified atom stereocenters. The fourth-order valence-electron chi connectivity index (χ4n) is 3.15. The second-order valence-corrected chi connectivity index (χ2v) is 7.00. The molecule has 1 aromatic carbocycles. The Kier molecular flexibility index (Phi) is 4.01. The number of aromatic nitrogens is 3.